The van der Waals surface area contributed by atoms with Crippen molar-refractivity contribution in [3.8, 4) is 0 Å². The van der Waals surface area contributed by atoms with Gasteiger partial charge in [0.1, 0.15) is 11.4 Å². The molecule has 0 bridgehead atoms. The van der Waals surface area contributed by atoms with Crippen molar-refractivity contribution in [2.75, 3.05) is 23.3 Å². The van der Waals surface area contributed by atoms with Gasteiger partial charge in [0.2, 0.25) is 0 Å². The van der Waals surface area contributed by atoms with Crippen LogP contribution in [0.4, 0.5) is 20.6 Å². The Kier molecular flexibility index (Phi) is 4.16. The summed E-state index contributed by atoms with van der Waals surface area (Å²) < 4.78 is 19.0. The molecule has 20 heavy (non-hydrogen) atoms. The van der Waals surface area contributed by atoms with Gasteiger partial charge in [-0.05, 0) is 51.8 Å². The van der Waals surface area contributed by atoms with Crippen LogP contribution in [0.5, 0.6) is 0 Å². The molecule has 2 rings (SSSR count). The molecule has 1 saturated heterocycles. The minimum Gasteiger partial charge on any atom is -0.444 e. The van der Waals surface area contributed by atoms with Crippen molar-refractivity contribution in [1.29, 1.82) is 0 Å². The summed E-state index contributed by atoms with van der Waals surface area (Å²) in [6.45, 7) is 7.10. The van der Waals surface area contributed by atoms with E-state index in [-0.39, 0.29) is 5.82 Å². The van der Waals surface area contributed by atoms with Crippen molar-refractivity contribution in [1.82, 2.24) is 0 Å². The molecule has 1 N–H and O–H groups in total. The minimum absolute atomic E-state index is 0.262. The maximum atomic E-state index is 13.8. The lowest BCUT2D eigenvalue weighted by molar-refractivity contribution is 0.0636. The summed E-state index contributed by atoms with van der Waals surface area (Å²) in [6.07, 6.45) is 1.61. The van der Waals surface area contributed by atoms with Gasteiger partial charge < -0.3 is 9.64 Å². The number of halogens is 1. The van der Waals surface area contributed by atoms with Gasteiger partial charge in [-0.1, -0.05) is 0 Å². The van der Waals surface area contributed by atoms with Crippen LogP contribution in [-0.2, 0) is 4.74 Å². The maximum absolute atomic E-state index is 13.8. The highest BCUT2D eigenvalue weighted by Crippen LogP contribution is 2.27. The second-order valence-electron chi connectivity index (χ2n) is 5.99. The van der Waals surface area contributed by atoms with Crippen LogP contribution in [0.15, 0.2) is 18.2 Å². The fourth-order valence-corrected chi connectivity index (χ4v) is 2.21. The summed E-state index contributed by atoms with van der Waals surface area (Å²) in [4.78, 5) is 13.7. The molecule has 0 saturated carbocycles. The van der Waals surface area contributed by atoms with Crippen LogP contribution in [-0.4, -0.2) is 24.8 Å². The lowest BCUT2D eigenvalue weighted by atomic mass is 10.2. The van der Waals surface area contributed by atoms with E-state index < -0.39 is 11.7 Å². The maximum Gasteiger partial charge on any atom is 0.412 e. The molecule has 110 valence electrons. The Morgan fingerprint density at radius 1 is 1.30 bits per heavy atom. The van der Waals surface area contributed by atoms with E-state index in [2.05, 4.69) is 5.32 Å². The monoisotopic (exact) mass is 280 g/mol. The molecule has 1 heterocycles. The molecule has 1 fully saturated rings. The lowest BCUT2D eigenvalue weighted by Gasteiger charge is -2.21. The third-order valence-corrected chi connectivity index (χ3v) is 3.04. The molecule has 1 amide bonds. The smallest absolute Gasteiger partial charge is 0.412 e. The molecular formula is C15H21FN2O2. The van der Waals surface area contributed by atoms with Gasteiger partial charge in [-0.3, -0.25) is 5.32 Å². The highest BCUT2D eigenvalue weighted by atomic mass is 19.1. The van der Waals surface area contributed by atoms with Crippen molar-refractivity contribution < 1.29 is 13.9 Å². The molecule has 1 aromatic carbocycles. The molecule has 0 unspecified atom stereocenters. The SMILES string of the molecule is CC(C)(C)OC(=O)Nc1ccc(F)c(N2CCCC2)c1. The summed E-state index contributed by atoms with van der Waals surface area (Å²) in [6, 6.07) is 4.57. The highest BCUT2D eigenvalue weighted by Gasteiger charge is 2.19. The topological polar surface area (TPSA) is 41.6 Å². The van der Waals surface area contributed by atoms with Gasteiger partial charge >= 0.3 is 6.09 Å². The van der Waals surface area contributed by atoms with Gasteiger partial charge in [-0.2, -0.15) is 0 Å². The average Bonchev–Trinajstić information content (AvgIpc) is 2.82. The fourth-order valence-electron chi connectivity index (χ4n) is 2.21. The number of nitrogens with zero attached hydrogens (tertiary/aromatic N) is 1. The second kappa shape index (κ2) is 5.69. The molecule has 0 spiro atoms. The third kappa shape index (κ3) is 3.85. The van der Waals surface area contributed by atoms with Gasteiger partial charge in [0, 0.05) is 18.8 Å². The van der Waals surface area contributed by atoms with Gasteiger partial charge in [0.25, 0.3) is 0 Å². The number of carbonyl (C=O) groups excluding carboxylic acids is 1. The zero-order chi connectivity index (χ0) is 14.8. The molecule has 5 heteroatoms. The quantitative estimate of drug-likeness (QED) is 0.896. The van der Waals surface area contributed by atoms with E-state index in [0.717, 1.165) is 25.9 Å². The Hall–Kier alpha value is -1.78. The lowest BCUT2D eigenvalue weighted by Crippen LogP contribution is -2.27. The minimum atomic E-state index is -0.554. The normalized spacial score (nSPS) is 15.3. The number of carbonyl (C=O) groups is 1. The molecule has 1 aromatic rings. The van der Waals surface area contributed by atoms with Crippen molar-refractivity contribution >= 4 is 17.5 Å². The van der Waals surface area contributed by atoms with E-state index in [4.69, 9.17) is 4.74 Å². The van der Waals surface area contributed by atoms with Crippen LogP contribution >= 0.6 is 0 Å². The molecule has 1 aliphatic rings. The number of nitrogens with one attached hydrogen (secondary N) is 1. The summed E-state index contributed by atoms with van der Waals surface area (Å²) in [5, 5.41) is 2.64. The molecule has 0 radical (unpaired) electrons. The average molecular weight is 280 g/mol. The van der Waals surface area contributed by atoms with E-state index in [0.29, 0.717) is 11.4 Å². The molecule has 0 atom stereocenters. The number of ether oxygens (including phenoxy) is 1. The van der Waals surface area contributed by atoms with E-state index in [1.807, 2.05) is 4.90 Å². The van der Waals surface area contributed by atoms with Crippen molar-refractivity contribution in [3.63, 3.8) is 0 Å². The van der Waals surface area contributed by atoms with E-state index in [1.54, 1.807) is 32.9 Å². The highest BCUT2D eigenvalue weighted by molar-refractivity contribution is 5.85. The number of hydrogen-bond donors (Lipinski definition) is 1. The van der Waals surface area contributed by atoms with E-state index in [9.17, 15) is 9.18 Å². The fraction of sp³-hybridized carbons (Fsp3) is 0.533. The van der Waals surface area contributed by atoms with Crippen LogP contribution in [0.3, 0.4) is 0 Å². The van der Waals surface area contributed by atoms with Crippen molar-refractivity contribution in [3.05, 3.63) is 24.0 Å². The summed E-state index contributed by atoms with van der Waals surface area (Å²) >= 11 is 0. The third-order valence-electron chi connectivity index (χ3n) is 3.04. The van der Waals surface area contributed by atoms with Gasteiger partial charge in [0.15, 0.2) is 0 Å². The summed E-state index contributed by atoms with van der Waals surface area (Å²) in [5.41, 5.74) is 0.528. The van der Waals surface area contributed by atoms with Crippen LogP contribution in [0.25, 0.3) is 0 Å². The number of amides is 1. The van der Waals surface area contributed by atoms with Gasteiger partial charge in [0.05, 0.1) is 5.69 Å². The van der Waals surface area contributed by atoms with Crippen molar-refractivity contribution in [2.24, 2.45) is 0 Å². The van der Waals surface area contributed by atoms with Crippen molar-refractivity contribution in [2.45, 2.75) is 39.2 Å². The molecule has 4 nitrogen and oxygen atoms in total. The Balaban J connectivity index is 2.09. The van der Waals surface area contributed by atoms with Crippen LogP contribution in [0, 0.1) is 5.82 Å². The number of rotatable bonds is 2. The van der Waals surface area contributed by atoms with Crippen LogP contribution in [0.2, 0.25) is 0 Å². The zero-order valence-corrected chi connectivity index (χ0v) is 12.2. The first-order valence-electron chi connectivity index (χ1n) is 6.90. The first-order chi connectivity index (χ1) is 9.35. The van der Waals surface area contributed by atoms with E-state index >= 15 is 0 Å². The number of benzene rings is 1. The zero-order valence-electron chi connectivity index (χ0n) is 12.2. The predicted octanol–water partition coefficient (Wildman–Crippen LogP) is 3.77. The first-order valence-corrected chi connectivity index (χ1v) is 6.90. The summed E-state index contributed by atoms with van der Waals surface area (Å²) in [5.74, 6) is -0.262. The van der Waals surface area contributed by atoms with Crippen LogP contribution in [0.1, 0.15) is 33.6 Å². The second-order valence-corrected chi connectivity index (χ2v) is 5.99. The Morgan fingerprint density at radius 2 is 1.95 bits per heavy atom. The van der Waals surface area contributed by atoms with Gasteiger partial charge in [-0.15, -0.1) is 0 Å². The molecule has 0 aromatic heterocycles. The van der Waals surface area contributed by atoms with Crippen LogP contribution < -0.4 is 10.2 Å². The predicted molar refractivity (Wildman–Crippen MR) is 77.7 cm³/mol. The first kappa shape index (κ1) is 14.6. The Labute approximate surface area is 118 Å². The largest absolute Gasteiger partial charge is 0.444 e. The molecule has 1 aliphatic heterocycles. The summed E-state index contributed by atoms with van der Waals surface area (Å²) in [7, 11) is 0. The number of hydrogen-bond acceptors (Lipinski definition) is 3. The van der Waals surface area contributed by atoms with Gasteiger partial charge in [-0.25, -0.2) is 9.18 Å². The van der Waals surface area contributed by atoms with E-state index in [1.165, 1.54) is 6.07 Å². The standard InChI is InChI=1S/C15H21FN2O2/c1-15(2,3)20-14(19)17-11-6-7-12(16)13(10-11)18-8-4-5-9-18/h6-7,10H,4-5,8-9H2,1-3H3,(H,17,19). The molecular weight excluding hydrogens is 259 g/mol. The number of anilines is 2. The Bertz CT molecular complexity index is 491. The Morgan fingerprint density at radius 3 is 2.55 bits per heavy atom. The molecule has 0 aliphatic carbocycles.